The zero-order valence-electron chi connectivity index (χ0n) is 17.2. The van der Waals surface area contributed by atoms with E-state index in [-0.39, 0.29) is 17.5 Å². The van der Waals surface area contributed by atoms with Crippen molar-refractivity contribution in [2.45, 2.75) is 19.9 Å². The van der Waals surface area contributed by atoms with Gasteiger partial charge in [0.15, 0.2) is 0 Å². The van der Waals surface area contributed by atoms with Crippen molar-refractivity contribution in [2.24, 2.45) is 0 Å². The summed E-state index contributed by atoms with van der Waals surface area (Å²) in [5.74, 6) is 0.534. The third-order valence-corrected chi connectivity index (χ3v) is 5.50. The summed E-state index contributed by atoms with van der Waals surface area (Å²) in [6.45, 7) is 3.81. The molecule has 1 amide bonds. The molecule has 1 unspecified atom stereocenters. The molecule has 0 aliphatic carbocycles. The van der Waals surface area contributed by atoms with E-state index in [2.05, 4.69) is 4.98 Å². The molecule has 30 heavy (non-hydrogen) atoms. The zero-order chi connectivity index (χ0) is 21.3. The maximum Gasteiger partial charge on any atom is 0.265 e. The average molecular weight is 397 g/mol. The Balaban J connectivity index is 1.64. The second-order valence-electron chi connectivity index (χ2n) is 7.37. The van der Waals surface area contributed by atoms with Gasteiger partial charge >= 0.3 is 0 Å². The lowest BCUT2D eigenvalue weighted by Crippen LogP contribution is -2.29. The van der Waals surface area contributed by atoms with Gasteiger partial charge in [-0.25, -0.2) is 4.98 Å². The van der Waals surface area contributed by atoms with Crippen molar-refractivity contribution < 1.29 is 4.79 Å². The number of carbonyl (C=O) groups excluding carboxylic acids is 1. The Labute approximate surface area is 175 Å². The van der Waals surface area contributed by atoms with Crippen molar-refractivity contribution in [3.05, 3.63) is 106 Å². The molecule has 5 nitrogen and oxygen atoms in total. The van der Waals surface area contributed by atoms with Crippen molar-refractivity contribution in [1.82, 2.24) is 14.5 Å². The largest absolute Gasteiger partial charge is 0.335 e. The summed E-state index contributed by atoms with van der Waals surface area (Å²) < 4.78 is 1.58. The van der Waals surface area contributed by atoms with E-state index in [1.807, 2.05) is 62.4 Å². The lowest BCUT2D eigenvalue weighted by molar-refractivity contribution is 0.0742. The number of para-hydroxylation sites is 1. The van der Waals surface area contributed by atoms with Crippen LogP contribution in [0.4, 0.5) is 0 Å². The maximum absolute atomic E-state index is 13.0. The van der Waals surface area contributed by atoms with Crippen molar-refractivity contribution in [3.8, 4) is 5.69 Å². The van der Waals surface area contributed by atoms with Crippen LogP contribution in [0.3, 0.4) is 0 Å². The molecular formula is C25H23N3O2. The summed E-state index contributed by atoms with van der Waals surface area (Å²) >= 11 is 0. The number of carbonyl (C=O) groups is 1. The van der Waals surface area contributed by atoms with E-state index >= 15 is 0 Å². The molecule has 0 N–H and O–H groups in total. The van der Waals surface area contributed by atoms with E-state index in [1.54, 1.807) is 46.8 Å². The van der Waals surface area contributed by atoms with E-state index < -0.39 is 0 Å². The van der Waals surface area contributed by atoms with Crippen molar-refractivity contribution >= 4 is 16.8 Å². The number of rotatable bonds is 4. The molecule has 3 aromatic carbocycles. The molecule has 0 saturated heterocycles. The van der Waals surface area contributed by atoms with Gasteiger partial charge in [0.25, 0.3) is 11.5 Å². The van der Waals surface area contributed by atoms with Crippen LogP contribution in [0.2, 0.25) is 0 Å². The number of fused-ring (bicyclic) bond motifs is 1. The van der Waals surface area contributed by atoms with Gasteiger partial charge in [-0.1, -0.05) is 42.5 Å². The third-order valence-electron chi connectivity index (χ3n) is 5.50. The van der Waals surface area contributed by atoms with Crippen molar-refractivity contribution in [3.63, 3.8) is 0 Å². The van der Waals surface area contributed by atoms with Gasteiger partial charge < -0.3 is 4.90 Å². The van der Waals surface area contributed by atoms with Gasteiger partial charge in [-0.05, 0) is 55.8 Å². The molecule has 0 bridgehead atoms. The van der Waals surface area contributed by atoms with Gasteiger partial charge in [0, 0.05) is 12.6 Å². The number of amides is 1. The van der Waals surface area contributed by atoms with E-state index in [4.69, 9.17) is 0 Å². The fourth-order valence-corrected chi connectivity index (χ4v) is 3.64. The van der Waals surface area contributed by atoms with Crippen LogP contribution >= 0.6 is 0 Å². The molecule has 150 valence electrons. The number of hydrogen-bond acceptors (Lipinski definition) is 3. The minimum absolute atomic E-state index is 0.0482. The smallest absolute Gasteiger partial charge is 0.265 e. The van der Waals surface area contributed by atoms with Crippen LogP contribution in [0.25, 0.3) is 16.6 Å². The number of nitrogens with zero attached hydrogens (tertiary/aromatic N) is 3. The first-order valence-corrected chi connectivity index (χ1v) is 9.88. The van der Waals surface area contributed by atoms with Gasteiger partial charge in [-0.15, -0.1) is 0 Å². The lowest BCUT2D eigenvalue weighted by Gasteiger charge is -2.25. The second-order valence-corrected chi connectivity index (χ2v) is 7.37. The molecule has 1 aromatic heterocycles. The first-order chi connectivity index (χ1) is 14.5. The highest BCUT2D eigenvalue weighted by Crippen LogP contribution is 2.21. The molecule has 0 aliphatic heterocycles. The first kappa shape index (κ1) is 19.6. The highest BCUT2D eigenvalue weighted by atomic mass is 16.2. The summed E-state index contributed by atoms with van der Waals surface area (Å²) in [6.07, 6.45) is 0. The molecule has 4 aromatic rings. The predicted octanol–water partition coefficient (Wildman–Crippen LogP) is 4.53. The quantitative estimate of drug-likeness (QED) is 0.508. The average Bonchev–Trinajstić information content (AvgIpc) is 2.78. The highest BCUT2D eigenvalue weighted by molar-refractivity contribution is 5.94. The van der Waals surface area contributed by atoms with Crippen LogP contribution < -0.4 is 5.56 Å². The number of aromatic nitrogens is 2. The van der Waals surface area contributed by atoms with Crippen molar-refractivity contribution in [1.29, 1.82) is 0 Å². The molecular weight excluding hydrogens is 374 g/mol. The van der Waals surface area contributed by atoms with Gasteiger partial charge in [-0.2, -0.15) is 0 Å². The van der Waals surface area contributed by atoms with E-state index in [0.29, 0.717) is 28.0 Å². The summed E-state index contributed by atoms with van der Waals surface area (Å²) in [5.41, 5.74) is 2.90. The fourth-order valence-electron chi connectivity index (χ4n) is 3.64. The Morgan fingerprint density at radius 3 is 2.27 bits per heavy atom. The molecule has 0 radical (unpaired) electrons. The molecule has 1 atom stereocenters. The Morgan fingerprint density at radius 2 is 1.57 bits per heavy atom. The lowest BCUT2D eigenvalue weighted by atomic mass is 10.1. The summed E-state index contributed by atoms with van der Waals surface area (Å²) in [4.78, 5) is 32.2. The minimum Gasteiger partial charge on any atom is -0.335 e. The Morgan fingerprint density at radius 1 is 0.933 bits per heavy atom. The van der Waals surface area contributed by atoms with Crippen LogP contribution in [-0.4, -0.2) is 27.4 Å². The van der Waals surface area contributed by atoms with Crippen LogP contribution in [0.5, 0.6) is 0 Å². The summed E-state index contributed by atoms with van der Waals surface area (Å²) in [7, 11) is 1.80. The van der Waals surface area contributed by atoms with E-state index in [1.165, 1.54) is 0 Å². The predicted molar refractivity (Wildman–Crippen MR) is 119 cm³/mol. The second kappa shape index (κ2) is 7.95. The normalized spacial score (nSPS) is 12.0. The highest BCUT2D eigenvalue weighted by Gasteiger charge is 2.19. The molecule has 0 saturated carbocycles. The van der Waals surface area contributed by atoms with E-state index in [9.17, 15) is 9.59 Å². The minimum atomic E-state index is -0.119. The summed E-state index contributed by atoms with van der Waals surface area (Å²) in [6, 6.07) is 24.3. The number of benzene rings is 3. The SMILES string of the molecule is Cc1nc2ccccc2c(=O)n1-c1ccc(C(=O)N(C)C(C)c2ccccc2)cc1. The monoisotopic (exact) mass is 397 g/mol. The van der Waals surface area contributed by atoms with Gasteiger partial charge in [0.1, 0.15) is 5.82 Å². The van der Waals surface area contributed by atoms with E-state index in [0.717, 1.165) is 5.56 Å². The van der Waals surface area contributed by atoms with Gasteiger partial charge in [0.2, 0.25) is 0 Å². The van der Waals surface area contributed by atoms with Crippen LogP contribution in [-0.2, 0) is 0 Å². The maximum atomic E-state index is 13.0. The number of aryl methyl sites for hydroxylation is 1. The van der Waals surface area contributed by atoms with Gasteiger partial charge in [-0.3, -0.25) is 14.2 Å². The topological polar surface area (TPSA) is 55.2 Å². The molecule has 0 aliphatic rings. The Kier molecular flexibility index (Phi) is 5.19. The first-order valence-electron chi connectivity index (χ1n) is 9.88. The van der Waals surface area contributed by atoms with Crippen LogP contribution in [0.15, 0.2) is 83.7 Å². The van der Waals surface area contributed by atoms with Crippen LogP contribution in [0, 0.1) is 6.92 Å². The Hall–Kier alpha value is -3.73. The molecule has 0 fully saturated rings. The molecule has 5 heteroatoms. The fraction of sp³-hybridized carbons (Fsp3) is 0.160. The molecule has 1 heterocycles. The summed E-state index contributed by atoms with van der Waals surface area (Å²) in [5, 5.41) is 0.569. The standard InChI is InChI=1S/C25H23N3O2/c1-17(19-9-5-4-6-10-19)27(3)24(29)20-13-15-21(16-14-20)28-18(2)26-23-12-8-7-11-22(23)25(28)30/h4-17H,1-3H3. The molecule has 4 rings (SSSR count). The molecule has 0 spiro atoms. The van der Waals surface area contributed by atoms with Gasteiger partial charge in [0.05, 0.1) is 22.6 Å². The number of hydrogen-bond donors (Lipinski definition) is 0. The zero-order valence-corrected chi connectivity index (χ0v) is 17.2. The van der Waals surface area contributed by atoms with Crippen LogP contribution in [0.1, 0.15) is 34.7 Å². The van der Waals surface area contributed by atoms with Crippen molar-refractivity contribution in [2.75, 3.05) is 7.05 Å². The Bertz CT molecular complexity index is 1260. The third kappa shape index (κ3) is 3.50.